The van der Waals surface area contributed by atoms with Gasteiger partial charge in [-0.25, -0.2) is 0 Å². The lowest BCUT2D eigenvalue weighted by molar-refractivity contribution is -0.314. The summed E-state index contributed by atoms with van der Waals surface area (Å²) < 4.78 is 5.67. The van der Waals surface area contributed by atoms with E-state index in [1.54, 1.807) is 14.0 Å². The second-order valence-corrected chi connectivity index (χ2v) is 5.45. The Morgan fingerprint density at radius 1 is 1.29 bits per heavy atom. The highest BCUT2D eigenvalue weighted by Crippen LogP contribution is 2.87. The number of hydrogen-bond acceptors (Lipinski definition) is 3. The van der Waals surface area contributed by atoms with Gasteiger partial charge >= 0.3 is 0 Å². The topological polar surface area (TPSA) is 49.4 Å². The van der Waals surface area contributed by atoms with E-state index in [0.717, 1.165) is 12.0 Å². The van der Waals surface area contributed by atoms with Crippen LogP contribution >= 0.6 is 0 Å². The molecule has 0 N–H and O–H groups in total. The van der Waals surface area contributed by atoms with Crippen molar-refractivity contribution in [1.29, 1.82) is 0 Å². The molecule has 0 aliphatic heterocycles. The molecule has 0 radical (unpaired) electrons. The summed E-state index contributed by atoms with van der Waals surface area (Å²) in [6, 6.07) is 9.88. The van der Waals surface area contributed by atoms with Gasteiger partial charge < -0.3 is 14.6 Å². The van der Waals surface area contributed by atoms with Crippen LogP contribution in [0.4, 0.5) is 0 Å². The van der Waals surface area contributed by atoms with Gasteiger partial charge in [-0.05, 0) is 18.4 Å². The van der Waals surface area contributed by atoms with E-state index in [4.69, 9.17) is 4.74 Å². The van der Waals surface area contributed by atoms with Crippen LogP contribution in [0.3, 0.4) is 0 Å². The maximum Gasteiger partial charge on any atom is 0.100 e. The number of carboxylic acid groups (broad SMARTS) is 1. The number of methoxy groups -OCH3 is 1. The molecule has 2 fully saturated rings. The summed E-state index contributed by atoms with van der Waals surface area (Å²) in [4.78, 5) is 11.2. The predicted molar refractivity (Wildman–Crippen MR) is 59.9 cm³/mol. The average Bonchev–Trinajstić information content (AvgIpc) is 3.18. The van der Waals surface area contributed by atoms with Crippen LogP contribution in [0.15, 0.2) is 30.3 Å². The fourth-order valence-corrected chi connectivity index (χ4v) is 3.52. The van der Waals surface area contributed by atoms with Crippen LogP contribution in [-0.2, 0) is 15.1 Å². The molecule has 1 spiro atoms. The van der Waals surface area contributed by atoms with Crippen LogP contribution in [0, 0.1) is 10.8 Å². The fourth-order valence-electron chi connectivity index (χ4n) is 3.52. The van der Waals surface area contributed by atoms with E-state index in [1.165, 1.54) is 0 Å². The first kappa shape index (κ1) is 10.8. The number of rotatable bonds is 3. The van der Waals surface area contributed by atoms with Gasteiger partial charge in [-0.2, -0.15) is 0 Å². The smallest absolute Gasteiger partial charge is 0.100 e. The van der Waals surface area contributed by atoms with Crippen molar-refractivity contribution in [2.24, 2.45) is 10.8 Å². The fraction of sp³-hybridized carbons (Fsp3) is 0.500. The van der Waals surface area contributed by atoms with E-state index in [2.05, 4.69) is 0 Å². The summed E-state index contributed by atoms with van der Waals surface area (Å²) in [5, 5.41) is 11.2. The van der Waals surface area contributed by atoms with Gasteiger partial charge in [-0.1, -0.05) is 37.3 Å². The predicted octanol–water partition coefficient (Wildman–Crippen LogP) is 1.08. The van der Waals surface area contributed by atoms with Gasteiger partial charge in [0.25, 0.3) is 0 Å². The van der Waals surface area contributed by atoms with E-state index in [1.807, 2.05) is 30.3 Å². The molecule has 0 aromatic heterocycles. The minimum absolute atomic E-state index is 0.241. The third-order valence-electron chi connectivity index (χ3n) is 4.82. The lowest BCUT2D eigenvalue weighted by Gasteiger charge is -2.19. The molecule has 0 unspecified atom stereocenters. The lowest BCUT2D eigenvalue weighted by Crippen LogP contribution is -2.34. The van der Waals surface area contributed by atoms with Crippen LogP contribution in [0.25, 0.3) is 0 Å². The van der Waals surface area contributed by atoms with Crippen molar-refractivity contribution in [2.75, 3.05) is 7.11 Å². The Kier molecular flexibility index (Phi) is 1.84. The van der Waals surface area contributed by atoms with Crippen molar-refractivity contribution in [2.45, 2.75) is 25.4 Å². The summed E-state index contributed by atoms with van der Waals surface area (Å²) in [7, 11) is 1.66. The number of aliphatic carboxylic acids is 1. The highest BCUT2D eigenvalue weighted by atomic mass is 16.5. The average molecular weight is 231 g/mol. The first-order valence-corrected chi connectivity index (χ1v) is 5.85. The lowest BCUT2D eigenvalue weighted by atomic mass is 9.98. The zero-order chi connectivity index (χ0) is 12.3. The molecule has 0 saturated heterocycles. The highest BCUT2D eigenvalue weighted by molar-refractivity contribution is 5.80. The third kappa shape index (κ3) is 1.03. The molecule has 3 heteroatoms. The minimum Gasteiger partial charge on any atom is -0.550 e. The summed E-state index contributed by atoms with van der Waals surface area (Å²) in [6.07, 6.45) is 1.44. The van der Waals surface area contributed by atoms with Crippen molar-refractivity contribution in [3.63, 3.8) is 0 Å². The van der Waals surface area contributed by atoms with Gasteiger partial charge in [0.15, 0.2) is 0 Å². The Hall–Kier alpha value is -1.35. The molecular weight excluding hydrogens is 216 g/mol. The van der Waals surface area contributed by atoms with Crippen LogP contribution in [0.5, 0.6) is 0 Å². The summed E-state index contributed by atoms with van der Waals surface area (Å²) in [5.74, 6) is -0.952. The molecule has 90 valence electrons. The number of ether oxygens (including phenoxy) is 1. The van der Waals surface area contributed by atoms with Gasteiger partial charge in [-0.15, -0.1) is 0 Å². The standard InChI is InChI=1S/C14H16O3/c1-12(11(15)16)8-13(12)9-14(13,17-2)10-6-4-3-5-7-10/h3-7H,8-9H2,1-2H3,(H,15,16)/p-1/t12-,13+,14-/m1/s1. The molecule has 3 rings (SSSR count). The van der Waals surface area contributed by atoms with Crippen LogP contribution in [-0.4, -0.2) is 13.1 Å². The van der Waals surface area contributed by atoms with Crippen molar-refractivity contribution >= 4 is 5.97 Å². The maximum atomic E-state index is 11.2. The van der Waals surface area contributed by atoms with Crippen molar-refractivity contribution < 1.29 is 14.6 Å². The number of benzene rings is 1. The Balaban J connectivity index is 1.99. The molecular formula is C14H15O3-. The summed E-state index contributed by atoms with van der Waals surface area (Å²) in [5.41, 5.74) is -0.302. The first-order chi connectivity index (χ1) is 8.02. The molecule has 3 nitrogen and oxygen atoms in total. The Morgan fingerprint density at radius 3 is 2.41 bits per heavy atom. The molecule has 3 atom stereocenters. The third-order valence-corrected chi connectivity index (χ3v) is 4.82. The molecule has 2 aliphatic rings. The van der Waals surface area contributed by atoms with Gasteiger partial charge in [0, 0.05) is 23.9 Å². The van der Waals surface area contributed by atoms with E-state index in [-0.39, 0.29) is 5.41 Å². The van der Waals surface area contributed by atoms with Gasteiger partial charge in [0.2, 0.25) is 0 Å². The van der Waals surface area contributed by atoms with E-state index < -0.39 is 17.0 Å². The largest absolute Gasteiger partial charge is 0.550 e. The summed E-state index contributed by atoms with van der Waals surface area (Å²) in [6.45, 7) is 1.77. The second-order valence-electron chi connectivity index (χ2n) is 5.45. The Bertz CT molecular complexity index is 484. The normalized spacial score (nSPS) is 42.5. The van der Waals surface area contributed by atoms with E-state index >= 15 is 0 Å². The van der Waals surface area contributed by atoms with Crippen molar-refractivity contribution in [1.82, 2.24) is 0 Å². The number of hydrogen-bond donors (Lipinski definition) is 0. The second kappa shape index (κ2) is 2.91. The molecule has 0 bridgehead atoms. The first-order valence-electron chi connectivity index (χ1n) is 5.85. The molecule has 1 aromatic rings. The molecule has 0 heterocycles. The van der Waals surface area contributed by atoms with Crippen LogP contribution in [0.1, 0.15) is 25.3 Å². The molecule has 0 amide bonds. The quantitative estimate of drug-likeness (QED) is 0.782. The zero-order valence-corrected chi connectivity index (χ0v) is 10.0. The van der Waals surface area contributed by atoms with Gasteiger partial charge in [0.1, 0.15) is 5.60 Å². The van der Waals surface area contributed by atoms with Crippen molar-refractivity contribution in [3.05, 3.63) is 35.9 Å². The van der Waals surface area contributed by atoms with Gasteiger partial charge in [-0.3, -0.25) is 0 Å². The molecule has 1 aromatic carbocycles. The molecule has 2 aliphatic carbocycles. The highest BCUT2D eigenvalue weighted by Gasteiger charge is 2.87. The SMILES string of the molecule is CO[C@@]1(c2ccccc2)C[C@]12C[C@]2(C)C(=O)[O-]. The monoisotopic (exact) mass is 231 g/mol. The van der Waals surface area contributed by atoms with E-state index in [9.17, 15) is 9.90 Å². The maximum absolute atomic E-state index is 11.2. The van der Waals surface area contributed by atoms with Crippen molar-refractivity contribution in [3.8, 4) is 0 Å². The zero-order valence-electron chi connectivity index (χ0n) is 10.0. The number of carbonyl (C=O) groups is 1. The Morgan fingerprint density at radius 2 is 1.94 bits per heavy atom. The molecule has 2 saturated carbocycles. The van der Waals surface area contributed by atoms with E-state index in [0.29, 0.717) is 6.42 Å². The summed E-state index contributed by atoms with van der Waals surface area (Å²) >= 11 is 0. The minimum atomic E-state index is -0.952. The molecule has 17 heavy (non-hydrogen) atoms. The Labute approximate surface area is 100 Å². The van der Waals surface area contributed by atoms with Crippen LogP contribution in [0.2, 0.25) is 0 Å². The number of carbonyl (C=O) groups excluding carboxylic acids is 1. The van der Waals surface area contributed by atoms with Gasteiger partial charge in [0.05, 0.1) is 0 Å². The number of carboxylic acids is 1. The van der Waals surface area contributed by atoms with Crippen LogP contribution < -0.4 is 5.11 Å².